The van der Waals surface area contributed by atoms with Gasteiger partial charge in [-0.25, -0.2) is 0 Å². The van der Waals surface area contributed by atoms with Crippen molar-refractivity contribution in [2.75, 3.05) is 6.79 Å². The van der Waals surface area contributed by atoms with Gasteiger partial charge >= 0.3 is 0 Å². The number of allylic oxidation sites excluding steroid dienone is 1. The van der Waals surface area contributed by atoms with Gasteiger partial charge in [-0.3, -0.25) is 4.79 Å². The zero-order chi connectivity index (χ0) is 11.5. The number of carbonyl (C=O) groups is 1. The van der Waals surface area contributed by atoms with Crippen molar-refractivity contribution in [3.05, 3.63) is 36.4 Å². The maximum atomic E-state index is 11.1. The number of carbonyl (C=O) groups excluding carboxylic acids is 1. The molecule has 1 aliphatic rings. The highest BCUT2D eigenvalue weighted by atomic mass is 16.7. The van der Waals surface area contributed by atoms with Crippen LogP contribution < -0.4 is 9.47 Å². The Hall–Kier alpha value is -1.77. The first kappa shape index (κ1) is 10.7. The third-order valence-corrected chi connectivity index (χ3v) is 2.62. The standard InChI is InChI=1S/C13H14O3/c1-3-10(6-9(2)14)11-4-5-12-13(7-11)16-8-15-12/h3-5,7,10H,1,6,8H2,2H3/t10-/m1/s1. The van der Waals surface area contributed by atoms with Crippen molar-refractivity contribution < 1.29 is 14.3 Å². The van der Waals surface area contributed by atoms with Crippen molar-refractivity contribution in [1.82, 2.24) is 0 Å². The average Bonchev–Trinajstić information content (AvgIpc) is 2.72. The molecule has 0 unspecified atom stereocenters. The molecule has 1 heterocycles. The van der Waals surface area contributed by atoms with E-state index in [9.17, 15) is 4.79 Å². The molecule has 1 aliphatic heterocycles. The number of Topliss-reactive ketones (excluding diaryl/α,β-unsaturated/α-hetero) is 1. The van der Waals surface area contributed by atoms with E-state index in [1.165, 1.54) is 0 Å². The van der Waals surface area contributed by atoms with Crippen LogP contribution in [0.15, 0.2) is 30.9 Å². The Morgan fingerprint density at radius 3 is 2.94 bits per heavy atom. The second kappa shape index (κ2) is 4.39. The summed E-state index contributed by atoms with van der Waals surface area (Å²) in [6.07, 6.45) is 2.27. The molecule has 1 aromatic rings. The lowest BCUT2D eigenvalue weighted by atomic mass is 9.94. The largest absolute Gasteiger partial charge is 0.454 e. The number of benzene rings is 1. The van der Waals surface area contributed by atoms with E-state index >= 15 is 0 Å². The molecule has 0 aliphatic carbocycles. The van der Waals surface area contributed by atoms with Gasteiger partial charge in [0.15, 0.2) is 11.5 Å². The highest BCUT2D eigenvalue weighted by Crippen LogP contribution is 2.35. The van der Waals surface area contributed by atoms with Crippen molar-refractivity contribution in [2.24, 2.45) is 0 Å². The topological polar surface area (TPSA) is 35.5 Å². The maximum absolute atomic E-state index is 11.1. The average molecular weight is 218 g/mol. The summed E-state index contributed by atoms with van der Waals surface area (Å²) in [5.41, 5.74) is 1.04. The predicted octanol–water partition coefficient (Wildman–Crippen LogP) is 2.66. The first-order valence-electron chi connectivity index (χ1n) is 5.22. The molecule has 84 valence electrons. The predicted molar refractivity (Wildman–Crippen MR) is 60.8 cm³/mol. The summed E-state index contributed by atoms with van der Waals surface area (Å²) in [6.45, 7) is 5.61. The molecular weight excluding hydrogens is 204 g/mol. The normalized spacial score (nSPS) is 14.6. The van der Waals surface area contributed by atoms with E-state index in [4.69, 9.17) is 9.47 Å². The van der Waals surface area contributed by atoms with Gasteiger partial charge in [0, 0.05) is 12.3 Å². The minimum absolute atomic E-state index is 0.0481. The Labute approximate surface area is 94.7 Å². The van der Waals surface area contributed by atoms with Crippen LogP contribution >= 0.6 is 0 Å². The fourth-order valence-electron chi connectivity index (χ4n) is 1.79. The molecule has 0 saturated heterocycles. The fourth-order valence-corrected chi connectivity index (χ4v) is 1.79. The highest BCUT2D eigenvalue weighted by molar-refractivity contribution is 5.76. The Kier molecular flexibility index (Phi) is 2.95. The van der Waals surface area contributed by atoms with E-state index in [2.05, 4.69) is 6.58 Å². The lowest BCUT2D eigenvalue weighted by Crippen LogP contribution is -2.01. The van der Waals surface area contributed by atoms with Gasteiger partial charge in [-0.1, -0.05) is 12.1 Å². The Balaban J connectivity index is 2.25. The first-order chi connectivity index (χ1) is 7.70. The van der Waals surface area contributed by atoms with Gasteiger partial charge in [0.2, 0.25) is 6.79 Å². The number of hydrogen-bond acceptors (Lipinski definition) is 3. The van der Waals surface area contributed by atoms with Crippen LogP contribution in [-0.2, 0) is 4.79 Å². The van der Waals surface area contributed by atoms with E-state index in [0.717, 1.165) is 17.1 Å². The lowest BCUT2D eigenvalue weighted by molar-refractivity contribution is -0.117. The van der Waals surface area contributed by atoms with Gasteiger partial charge in [0.25, 0.3) is 0 Å². The quantitative estimate of drug-likeness (QED) is 0.729. The molecule has 0 N–H and O–H groups in total. The van der Waals surface area contributed by atoms with Gasteiger partial charge < -0.3 is 9.47 Å². The van der Waals surface area contributed by atoms with Crippen LogP contribution in [0.4, 0.5) is 0 Å². The van der Waals surface area contributed by atoms with Crippen molar-refractivity contribution in [1.29, 1.82) is 0 Å². The minimum Gasteiger partial charge on any atom is -0.454 e. The highest BCUT2D eigenvalue weighted by Gasteiger charge is 2.17. The first-order valence-corrected chi connectivity index (χ1v) is 5.22. The second-order valence-corrected chi connectivity index (χ2v) is 3.86. The summed E-state index contributed by atoms with van der Waals surface area (Å²) in [4.78, 5) is 11.1. The van der Waals surface area contributed by atoms with Crippen LogP contribution in [0.3, 0.4) is 0 Å². The number of hydrogen-bond donors (Lipinski definition) is 0. The summed E-state index contributed by atoms with van der Waals surface area (Å²) >= 11 is 0. The molecule has 3 nitrogen and oxygen atoms in total. The number of ketones is 1. The van der Waals surface area contributed by atoms with Crippen LogP contribution in [0.5, 0.6) is 11.5 Å². The Morgan fingerprint density at radius 2 is 2.25 bits per heavy atom. The number of ether oxygens (including phenoxy) is 2. The molecule has 0 fully saturated rings. The Bertz CT molecular complexity index is 423. The minimum atomic E-state index is 0.0481. The number of rotatable bonds is 4. The monoisotopic (exact) mass is 218 g/mol. The summed E-state index contributed by atoms with van der Waals surface area (Å²) in [6, 6.07) is 5.73. The molecule has 0 bridgehead atoms. The van der Waals surface area contributed by atoms with Crippen LogP contribution in [-0.4, -0.2) is 12.6 Å². The van der Waals surface area contributed by atoms with Crippen molar-refractivity contribution >= 4 is 5.78 Å². The molecule has 1 aromatic carbocycles. The third-order valence-electron chi connectivity index (χ3n) is 2.62. The molecule has 2 rings (SSSR count). The summed E-state index contributed by atoms with van der Waals surface area (Å²) in [5, 5.41) is 0. The molecule has 0 amide bonds. The molecule has 1 atom stereocenters. The van der Waals surface area contributed by atoms with E-state index < -0.39 is 0 Å². The lowest BCUT2D eigenvalue weighted by Gasteiger charge is -2.11. The smallest absolute Gasteiger partial charge is 0.231 e. The Morgan fingerprint density at radius 1 is 1.50 bits per heavy atom. The molecule has 3 heteroatoms. The molecule has 16 heavy (non-hydrogen) atoms. The molecule has 0 saturated carbocycles. The molecule has 0 radical (unpaired) electrons. The van der Waals surface area contributed by atoms with Crippen LogP contribution in [0.2, 0.25) is 0 Å². The van der Waals surface area contributed by atoms with Crippen LogP contribution in [0, 0.1) is 0 Å². The van der Waals surface area contributed by atoms with Gasteiger partial charge in [-0.2, -0.15) is 0 Å². The van der Waals surface area contributed by atoms with Crippen molar-refractivity contribution in [3.8, 4) is 11.5 Å². The van der Waals surface area contributed by atoms with Gasteiger partial charge in [0.05, 0.1) is 0 Å². The third kappa shape index (κ3) is 2.08. The summed E-state index contributed by atoms with van der Waals surface area (Å²) in [7, 11) is 0. The molecule has 0 aromatic heterocycles. The van der Waals surface area contributed by atoms with Crippen LogP contribution in [0.25, 0.3) is 0 Å². The van der Waals surface area contributed by atoms with Crippen LogP contribution in [0.1, 0.15) is 24.8 Å². The van der Waals surface area contributed by atoms with E-state index in [-0.39, 0.29) is 18.5 Å². The van der Waals surface area contributed by atoms with E-state index in [0.29, 0.717) is 6.42 Å². The van der Waals surface area contributed by atoms with Gasteiger partial charge in [0.1, 0.15) is 5.78 Å². The molecule has 0 spiro atoms. The van der Waals surface area contributed by atoms with Gasteiger partial charge in [-0.05, 0) is 24.6 Å². The van der Waals surface area contributed by atoms with Gasteiger partial charge in [-0.15, -0.1) is 6.58 Å². The SMILES string of the molecule is C=C[C@H](CC(C)=O)c1ccc2c(c1)OCO2. The second-order valence-electron chi connectivity index (χ2n) is 3.86. The fraction of sp³-hybridized carbons (Fsp3) is 0.308. The zero-order valence-electron chi connectivity index (χ0n) is 9.23. The van der Waals surface area contributed by atoms with Crippen molar-refractivity contribution in [2.45, 2.75) is 19.3 Å². The number of fused-ring (bicyclic) bond motifs is 1. The summed E-state index contributed by atoms with van der Waals surface area (Å²) in [5.74, 6) is 1.71. The van der Waals surface area contributed by atoms with Crippen molar-refractivity contribution in [3.63, 3.8) is 0 Å². The summed E-state index contributed by atoms with van der Waals surface area (Å²) < 4.78 is 10.5. The van der Waals surface area contributed by atoms with E-state index in [1.807, 2.05) is 18.2 Å². The molecular formula is C13H14O3. The maximum Gasteiger partial charge on any atom is 0.231 e. The van der Waals surface area contributed by atoms with E-state index in [1.54, 1.807) is 13.0 Å². The zero-order valence-corrected chi connectivity index (χ0v) is 9.23.